The number of fused-ring (bicyclic) bond motifs is 2. The van der Waals surface area contributed by atoms with Crippen LogP contribution in [0.15, 0.2) is 72.8 Å². The summed E-state index contributed by atoms with van der Waals surface area (Å²) in [5, 5.41) is 4.16. The maximum atomic E-state index is 13.1. The van der Waals surface area contributed by atoms with Crippen molar-refractivity contribution in [3.05, 3.63) is 100 Å². The second-order valence-electron chi connectivity index (χ2n) is 9.22. The number of halogens is 1. The number of amides is 1. The van der Waals surface area contributed by atoms with Crippen molar-refractivity contribution in [1.82, 2.24) is 10.2 Å². The maximum Gasteiger partial charge on any atom is 0.236 e. The largest absolute Gasteiger partial charge is 0.399 e. The van der Waals surface area contributed by atoms with Gasteiger partial charge >= 0.3 is 0 Å². The number of nitrogens with zero attached hydrogens (tertiary/aromatic N) is 1. The van der Waals surface area contributed by atoms with Crippen LogP contribution in [0.4, 0.5) is 5.69 Å². The monoisotopic (exact) mass is 475 g/mol. The second kappa shape index (κ2) is 9.79. The minimum Gasteiger partial charge on any atom is -0.399 e. The van der Waals surface area contributed by atoms with Gasteiger partial charge in [0.25, 0.3) is 0 Å². The Morgan fingerprint density at radius 3 is 2.59 bits per heavy atom. The summed E-state index contributed by atoms with van der Waals surface area (Å²) in [6.07, 6.45) is 2.31. The summed E-state index contributed by atoms with van der Waals surface area (Å²) in [6.45, 7) is 2.33. The van der Waals surface area contributed by atoms with E-state index in [0.29, 0.717) is 36.8 Å². The van der Waals surface area contributed by atoms with Crippen LogP contribution in [-0.2, 0) is 28.2 Å². The van der Waals surface area contributed by atoms with Crippen molar-refractivity contribution < 1.29 is 9.53 Å². The third-order valence-corrected chi connectivity index (χ3v) is 7.50. The highest BCUT2D eigenvalue weighted by Gasteiger charge is 2.43. The van der Waals surface area contributed by atoms with E-state index in [9.17, 15) is 4.79 Å². The summed E-state index contributed by atoms with van der Waals surface area (Å²) >= 11 is 6.44. The molecule has 3 aromatic carbocycles. The lowest BCUT2D eigenvalue weighted by molar-refractivity contribution is -0.137. The molecule has 1 spiro atoms. The second-order valence-corrected chi connectivity index (χ2v) is 9.63. The molecule has 1 unspecified atom stereocenters. The molecule has 2 heterocycles. The number of nitrogen functional groups attached to an aromatic ring is 1. The summed E-state index contributed by atoms with van der Waals surface area (Å²) in [6, 6.07) is 24.1. The van der Waals surface area contributed by atoms with E-state index < -0.39 is 0 Å². The summed E-state index contributed by atoms with van der Waals surface area (Å²) in [5.41, 5.74) is 11.1. The number of benzene rings is 3. The molecule has 0 aromatic heterocycles. The Kier molecular flexibility index (Phi) is 6.59. The fourth-order valence-electron chi connectivity index (χ4n) is 5.20. The molecule has 6 heteroatoms. The Labute approximate surface area is 205 Å². The predicted molar refractivity (Wildman–Crippen MR) is 135 cm³/mol. The number of nitrogens with one attached hydrogen (secondary N) is 1. The first-order valence-electron chi connectivity index (χ1n) is 11.9. The highest BCUT2D eigenvalue weighted by Crippen LogP contribution is 2.43. The van der Waals surface area contributed by atoms with Crippen LogP contribution in [0.25, 0.3) is 0 Å². The molecule has 1 atom stereocenters. The Bertz CT molecular complexity index is 1160. The van der Waals surface area contributed by atoms with Crippen LogP contribution in [0.5, 0.6) is 0 Å². The van der Waals surface area contributed by atoms with Gasteiger partial charge in [0.2, 0.25) is 5.91 Å². The molecule has 1 fully saturated rings. The van der Waals surface area contributed by atoms with Crippen LogP contribution in [0.1, 0.15) is 41.1 Å². The molecule has 2 aliphatic rings. The molecule has 3 N–H and O–H groups in total. The zero-order valence-corrected chi connectivity index (χ0v) is 19.9. The highest BCUT2D eigenvalue weighted by atomic mass is 35.5. The van der Waals surface area contributed by atoms with Crippen LogP contribution < -0.4 is 11.1 Å². The van der Waals surface area contributed by atoms with Crippen molar-refractivity contribution in [2.75, 3.05) is 25.4 Å². The fourth-order valence-corrected chi connectivity index (χ4v) is 5.40. The molecule has 0 bridgehead atoms. The van der Waals surface area contributed by atoms with Crippen LogP contribution in [-0.4, -0.2) is 30.4 Å². The first kappa shape index (κ1) is 22.9. The normalized spacial score (nSPS) is 17.5. The van der Waals surface area contributed by atoms with E-state index in [2.05, 4.69) is 41.7 Å². The smallest absolute Gasteiger partial charge is 0.236 e. The quantitative estimate of drug-likeness (QED) is 0.500. The molecule has 1 amide bonds. The van der Waals surface area contributed by atoms with Crippen LogP contribution in [0.2, 0.25) is 5.02 Å². The average Bonchev–Trinajstić information content (AvgIpc) is 3.22. The van der Waals surface area contributed by atoms with Gasteiger partial charge in [0, 0.05) is 29.8 Å². The van der Waals surface area contributed by atoms with Crippen LogP contribution in [0, 0.1) is 0 Å². The van der Waals surface area contributed by atoms with Crippen molar-refractivity contribution in [1.29, 1.82) is 0 Å². The van der Waals surface area contributed by atoms with Crippen LogP contribution in [0.3, 0.4) is 0 Å². The SMILES string of the molecule is Nc1ccc(Cl)c(CC(NCC(=O)N2CCC3(CC2)OCc2ccccc23)c2ccccc2)c1. The molecule has 0 aliphatic carbocycles. The van der Waals surface area contributed by atoms with Crippen molar-refractivity contribution in [3.8, 4) is 0 Å². The number of anilines is 1. The molecule has 0 radical (unpaired) electrons. The zero-order valence-electron chi connectivity index (χ0n) is 19.2. The minimum atomic E-state index is -0.239. The minimum absolute atomic E-state index is 0.0503. The number of hydrogen-bond donors (Lipinski definition) is 2. The van der Waals surface area contributed by atoms with Crippen molar-refractivity contribution >= 4 is 23.2 Å². The van der Waals surface area contributed by atoms with E-state index in [-0.39, 0.29) is 24.1 Å². The van der Waals surface area contributed by atoms with Crippen LogP contribution >= 0.6 is 11.6 Å². The zero-order chi connectivity index (χ0) is 23.5. The molecular formula is C28H30ClN3O2. The number of rotatable bonds is 6. The first-order valence-corrected chi connectivity index (χ1v) is 12.2. The number of carbonyl (C=O) groups excluding carboxylic acids is 1. The molecule has 34 heavy (non-hydrogen) atoms. The topological polar surface area (TPSA) is 67.6 Å². The summed E-state index contributed by atoms with van der Waals surface area (Å²) < 4.78 is 6.25. The molecule has 3 aromatic rings. The van der Waals surface area contributed by atoms with E-state index >= 15 is 0 Å². The number of nitrogens with two attached hydrogens (primary N) is 1. The summed E-state index contributed by atoms with van der Waals surface area (Å²) in [7, 11) is 0. The summed E-state index contributed by atoms with van der Waals surface area (Å²) in [5.74, 6) is 0.112. The van der Waals surface area contributed by atoms with Gasteiger partial charge in [0.1, 0.15) is 0 Å². The van der Waals surface area contributed by atoms with Gasteiger partial charge < -0.3 is 20.7 Å². The van der Waals surface area contributed by atoms with Gasteiger partial charge in [-0.15, -0.1) is 0 Å². The Hall–Kier alpha value is -2.86. The Morgan fingerprint density at radius 2 is 1.79 bits per heavy atom. The van der Waals surface area contributed by atoms with Gasteiger partial charge in [0.15, 0.2) is 0 Å². The molecule has 5 rings (SSSR count). The van der Waals surface area contributed by atoms with E-state index in [1.165, 1.54) is 11.1 Å². The lowest BCUT2D eigenvalue weighted by atomic mass is 9.84. The van der Waals surface area contributed by atoms with Crippen molar-refractivity contribution in [2.45, 2.75) is 37.5 Å². The standard InChI is InChI=1S/C28H30ClN3O2/c29-25-11-10-23(30)16-22(25)17-26(20-6-2-1-3-7-20)31-18-27(33)32-14-12-28(13-15-32)24-9-5-4-8-21(24)19-34-28/h1-11,16,26,31H,12-15,17-19,30H2. The number of piperidine rings is 1. The van der Waals surface area contributed by atoms with E-state index in [4.69, 9.17) is 22.1 Å². The van der Waals surface area contributed by atoms with Crippen molar-refractivity contribution in [2.24, 2.45) is 0 Å². The molecule has 2 aliphatic heterocycles. The molecular weight excluding hydrogens is 446 g/mol. The summed E-state index contributed by atoms with van der Waals surface area (Å²) in [4.78, 5) is 15.1. The number of carbonyl (C=O) groups is 1. The van der Waals surface area contributed by atoms with Gasteiger partial charge in [0.05, 0.1) is 18.8 Å². The fraction of sp³-hybridized carbons (Fsp3) is 0.321. The highest BCUT2D eigenvalue weighted by molar-refractivity contribution is 6.31. The van der Waals surface area contributed by atoms with E-state index in [1.807, 2.05) is 35.2 Å². The maximum absolute atomic E-state index is 13.1. The van der Waals surface area contributed by atoms with Gasteiger partial charge in [-0.1, -0.05) is 66.2 Å². The molecule has 176 valence electrons. The molecule has 5 nitrogen and oxygen atoms in total. The van der Waals surface area contributed by atoms with Gasteiger partial charge in [-0.25, -0.2) is 0 Å². The first-order chi connectivity index (χ1) is 16.5. The van der Waals surface area contributed by atoms with Crippen molar-refractivity contribution in [3.63, 3.8) is 0 Å². The van der Waals surface area contributed by atoms with Gasteiger partial charge in [-0.05, 0) is 59.7 Å². The lowest BCUT2D eigenvalue weighted by Crippen LogP contribution is -2.48. The molecule has 0 saturated carbocycles. The third-order valence-electron chi connectivity index (χ3n) is 7.13. The Morgan fingerprint density at radius 1 is 1.06 bits per heavy atom. The van der Waals surface area contributed by atoms with E-state index in [1.54, 1.807) is 6.07 Å². The lowest BCUT2D eigenvalue weighted by Gasteiger charge is -2.39. The Balaban J connectivity index is 1.23. The van der Waals surface area contributed by atoms with Gasteiger partial charge in [-0.3, -0.25) is 4.79 Å². The third kappa shape index (κ3) is 4.69. The predicted octanol–water partition coefficient (Wildman–Crippen LogP) is 4.84. The van der Waals surface area contributed by atoms with Gasteiger partial charge in [-0.2, -0.15) is 0 Å². The number of likely N-dealkylation sites (tertiary alicyclic amines) is 1. The number of ether oxygens (including phenoxy) is 1. The molecule has 1 saturated heterocycles. The average molecular weight is 476 g/mol. The number of hydrogen-bond acceptors (Lipinski definition) is 4. The van der Waals surface area contributed by atoms with E-state index in [0.717, 1.165) is 24.0 Å².